The van der Waals surface area contributed by atoms with E-state index in [2.05, 4.69) is 15.6 Å². The normalized spacial score (nSPS) is 18.4. The van der Waals surface area contributed by atoms with Gasteiger partial charge in [0, 0.05) is 12.8 Å². The number of amides is 1. The van der Waals surface area contributed by atoms with Crippen molar-refractivity contribution in [3.63, 3.8) is 0 Å². The van der Waals surface area contributed by atoms with Gasteiger partial charge < -0.3 is 14.6 Å². The summed E-state index contributed by atoms with van der Waals surface area (Å²) in [5.41, 5.74) is 1.71. The number of aromatic nitrogens is 3. The molecule has 22 heavy (non-hydrogen) atoms. The van der Waals surface area contributed by atoms with Crippen molar-refractivity contribution in [3.05, 3.63) is 29.4 Å². The second kappa shape index (κ2) is 6.31. The summed E-state index contributed by atoms with van der Waals surface area (Å²) in [5.74, 6) is 0.280. The molecule has 0 saturated carbocycles. The molecule has 1 aliphatic heterocycles. The van der Waals surface area contributed by atoms with E-state index in [4.69, 9.17) is 9.26 Å². The molecule has 0 aromatic carbocycles. The third-order valence-electron chi connectivity index (χ3n) is 3.82. The van der Waals surface area contributed by atoms with Crippen LogP contribution >= 0.6 is 0 Å². The minimum Gasteiger partial charge on any atom is -0.376 e. The Morgan fingerprint density at radius 2 is 2.32 bits per heavy atom. The van der Waals surface area contributed by atoms with E-state index in [-0.39, 0.29) is 12.0 Å². The van der Waals surface area contributed by atoms with Crippen LogP contribution in [0.2, 0.25) is 0 Å². The summed E-state index contributed by atoms with van der Waals surface area (Å²) in [7, 11) is 0. The lowest BCUT2D eigenvalue weighted by molar-refractivity contribution is 0.00401. The molecule has 0 radical (unpaired) electrons. The number of nitrogens with zero attached hydrogens (tertiary/aromatic N) is 3. The van der Waals surface area contributed by atoms with E-state index in [1.54, 1.807) is 24.7 Å². The number of carbonyl (C=O) groups is 1. The highest BCUT2D eigenvalue weighted by molar-refractivity contribution is 6.05. The average molecular weight is 304 g/mol. The molecule has 0 bridgehead atoms. The molecule has 118 valence electrons. The van der Waals surface area contributed by atoms with Gasteiger partial charge in [0.15, 0.2) is 0 Å². The molecule has 0 aliphatic carbocycles. The first-order valence-corrected chi connectivity index (χ1v) is 7.52. The maximum atomic E-state index is 12.2. The number of hydrogen-bond acceptors (Lipinski definition) is 5. The highest BCUT2D eigenvalue weighted by Gasteiger charge is 2.19. The monoisotopic (exact) mass is 304 g/mol. The molecule has 2 aromatic rings. The van der Waals surface area contributed by atoms with Gasteiger partial charge in [0.25, 0.3) is 5.91 Å². The molecule has 1 atom stereocenters. The smallest absolute Gasteiger partial charge is 0.261 e. The Morgan fingerprint density at radius 1 is 1.45 bits per heavy atom. The summed E-state index contributed by atoms with van der Waals surface area (Å²) in [5, 5.41) is 10.9. The summed E-state index contributed by atoms with van der Waals surface area (Å²) in [6.07, 6.45) is 7.04. The minimum atomic E-state index is -0.232. The van der Waals surface area contributed by atoms with Crippen LogP contribution in [0.5, 0.6) is 0 Å². The highest BCUT2D eigenvalue weighted by atomic mass is 16.5. The predicted molar refractivity (Wildman–Crippen MR) is 79.7 cm³/mol. The van der Waals surface area contributed by atoms with Crippen molar-refractivity contribution in [1.29, 1.82) is 0 Å². The van der Waals surface area contributed by atoms with Crippen LogP contribution in [0.4, 0.5) is 5.69 Å². The van der Waals surface area contributed by atoms with E-state index in [1.807, 2.05) is 6.20 Å². The second-order valence-electron chi connectivity index (χ2n) is 5.59. The molecule has 2 aromatic heterocycles. The fourth-order valence-corrected chi connectivity index (χ4v) is 2.69. The summed E-state index contributed by atoms with van der Waals surface area (Å²) >= 11 is 0. The lowest BCUT2D eigenvalue weighted by Crippen LogP contribution is -2.24. The first kappa shape index (κ1) is 14.8. The molecule has 7 nitrogen and oxygen atoms in total. The van der Waals surface area contributed by atoms with Gasteiger partial charge in [-0.05, 0) is 33.1 Å². The largest absolute Gasteiger partial charge is 0.376 e. The molecule has 1 amide bonds. The molecule has 1 fully saturated rings. The van der Waals surface area contributed by atoms with Crippen molar-refractivity contribution in [2.45, 2.75) is 45.8 Å². The Kier molecular flexibility index (Phi) is 4.24. The van der Waals surface area contributed by atoms with E-state index in [0.717, 1.165) is 19.4 Å². The van der Waals surface area contributed by atoms with Crippen LogP contribution in [0.1, 0.15) is 41.1 Å². The standard InChI is InChI=1S/C15H20N4O3/c1-10-14(11(2)22-18-10)15(20)17-12-7-16-19(8-12)9-13-5-3-4-6-21-13/h7-8,13H,3-6,9H2,1-2H3,(H,17,20)/t13-/m1/s1. The topological polar surface area (TPSA) is 82.2 Å². The van der Waals surface area contributed by atoms with Crippen LogP contribution in [-0.2, 0) is 11.3 Å². The lowest BCUT2D eigenvalue weighted by atomic mass is 10.1. The van der Waals surface area contributed by atoms with Gasteiger partial charge in [-0.25, -0.2) is 0 Å². The zero-order valence-corrected chi connectivity index (χ0v) is 12.8. The summed E-state index contributed by atoms with van der Waals surface area (Å²) in [4.78, 5) is 12.2. The van der Waals surface area contributed by atoms with Gasteiger partial charge in [0.1, 0.15) is 11.3 Å². The second-order valence-corrected chi connectivity index (χ2v) is 5.59. The minimum absolute atomic E-state index is 0.208. The number of ether oxygens (including phenoxy) is 1. The van der Waals surface area contributed by atoms with E-state index >= 15 is 0 Å². The third-order valence-corrected chi connectivity index (χ3v) is 3.82. The van der Waals surface area contributed by atoms with Crippen molar-refractivity contribution in [3.8, 4) is 0 Å². The van der Waals surface area contributed by atoms with Crippen LogP contribution in [0, 0.1) is 13.8 Å². The Bertz CT molecular complexity index is 636. The molecule has 0 spiro atoms. The number of rotatable bonds is 4. The summed E-state index contributed by atoms with van der Waals surface area (Å²) < 4.78 is 12.5. The van der Waals surface area contributed by atoms with Crippen molar-refractivity contribution < 1.29 is 14.1 Å². The van der Waals surface area contributed by atoms with Crippen molar-refractivity contribution in [1.82, 2.24) is 14.9 Å². The Balaban J connectivity index is 1.63. The number of nitrogens with one attached hydrogen (secondary N) is 1. The predicted octanol–water partition coefficient (Wildman–Crippen LogP) is 2.31. The van der Waals surface area contributed by atoms with E-state index in [0.29, 0.717) is 29.2 Å². The summed E-state index contributed by atoms with van der Waals surface area (Å²) in [6, 6.07) is 0. The van der Waals surface area contributed by atoms with Crippen molar-refractivity contribution in [2.75, 3.05) is 11.9 Å². The molecule has 1 N–H and O–H groups in total. The molecular formula is C15H20N4O3. The van der Waals surface area contributed by atoms with Crippen molar-refractivity contribution >= 4 is 11.6 Å². The van der Waals surface area contributed by atoms with Gasteiger partial charge in [0.2, 0.25) is 0 Å². The zero-order valence-electron chi connectivity index (χ0n) is 12.8. The molecule has 1 aliphatic rings. The van der Waals surface area contributed by atoms with Gasteiger partial charge in [-0.3, -0.25) is 9.48 Å². The fraction of sp³-hybridized carbons (Fsp3) is 0.533. The Morgan fingerprint density at radius 3 is 3.00 bits per heavy atom. The van der Waals surface area contributed by atoms with Gasteiger partial charge in [-0.2, -0.15) is 5.10 Å². The zero-order chi connectivity index (χ0) is 15.5. The molecule has 0 unspecified atom stereocenters. The third kappa shape index (κ3) is 3.19. The van der Waals surface area contributed by atoms with Gasteiger partial charge in [-0.1, -0.05) is 5.16 Å². The van der Waals surface area contributed by atoms with Crippen LogP contribution in [0.25, 0.3) is 0 Å². The maximum Gasteiger partial charge on any atom is 0.261 e. The van der Waals surface area contributed by atoms with E-state index in [1.165, 1.54) is 6.42 Å². The number of carbonyl (C=O) groups excluding carboxylic acids is 1. The summed E-state index contributed by atoms with van der Waals surface area (Å²) in [6.45, 7) is 5.00. The molecule has 7 heteroatoms. The van der Waals surface area contributed by atoms with E-state index < -0.39 is 0 Å². The number of hydrogen-bond donors (Lipinski definition) is 1. The van der Waals surface area contributed by atoms with Gasteiger partial charge in [0.05, 0.1) is 30.2 Å². The fourth-order valence-electron chi connectivity index (χ4n) is 2.69. The van der Waals surface area contributed by atoms with Gasteiger partial charge in [-0.15, -0.1) is 0 Å². The maximum absolute atomic E-state index is 12.2. The van der Waals surface area contributed by atoms with Crippen molar-refractivity contribution in [2.24, 2.45) is 0 Å². The lowest BCUT2D eigenvalue weighted by Gasteiger charge is -2.22. The number of aryl methyl sites for hydroxylation is 2. The molecular weight excluding hydrogens is 284 g/mol. The Hall–Kier alpha value is -2.15. The van der Waals surface area contributed by atoms with E-state index in [9.17, 15) is 4.79 Å². The van der Waals surface area contributed by atoms with Crippen LogP contribution in [0.15, 0.2) is 16.9 Å². The highest BCUT2D eigenvalue weighted by Crippen LogP contribution is 2.17. The molecule has 3 rings (SSSR count). The first-order chi connectivity index (χ1) is 10.6. The van der Waals surface area contributed by atoms with Crippen LogP contribution < -0.4 is 5.32 Å². The molecule has 1 saturated heterocycles. The van der Waals surface area contributed by atoms with Gasteiger partial charge >= 0.3 is 0 Å². The first-order valence-electron chi connectivity index (χ1n) is 7.52. The van der Waals surface area contributed by atoms with Crippen LogP contribution in [-0.4, -0.2) is 33.6 Å². The quantitative estimate of drug-likeness (QED) is 0.937. The Labute approximate surface area is 128 Å². The number of anilines is 1. The average Bonchev–Trinajstić information content (AvgIpc) is 3.07. The SMILES string of the molecule is Cc1noc(C)c1C(=O)Nc1cnn(C[C@H]2CCCCO2)c1. The van der Waals surface area contributed by atoms with Crippen LogP contribution in [0.3, 0.4) is 0 Å². The molecule has 3 heterocycles.